The molecule has 0 amide bonds. The summed E-state index contributed by atoms with van der Waals surface area (Å²) in [4.78, 5) is 10.9. The molecule has 1 aromatic rings. The van der Waals surface area contributed by atoms with Gasteiger partial charge < -0.3 is 10.8 Å². The summed E-state index contributed by atoms with van der Waals surface area (Å²) in [5, 5.41) is 8.59. The van der Waals surface area contributed by atoms with Crippen LogP contribution >= 0.6 is 11.8 Å². The second kappa shape index (κ2) is 5.34. The highest BCUT2D eigenvalue weighted by Crippen LogP contribution is 2.34. The van der Waals surface area contributed by atoms with Gasteiger partial charge in [-0.2, -0.15) is 13.2 Å². The molecule has 0 bridgehead atoms. The third-order valence-corrected chi connectivity index (χ3v) is 3.22. The van der Waals surface area contributed by atoms with Gasteiger partial charge in [0.2, 0.25) is 0 Å². The van der Waals surface area contributed by atoms with E-state index in [9.17, 15) is 18.0 Å². The van der Waals surface area contributed by atoms with Gasteiger partial charge in [-0.25, -0.2) is 4.79 Å². The average molecular weight is 277 g/mol. The standard InChI is InChI=1S/C11H10F3NO2S/c1-6(10(16)17)5-18-9-3-2-7(4-8(9)15)11(12,13)14/h2-4H,1,5,15H2,(H,16,17). The van der Waals surface area contributed by atoms with Crippen LogP contribution in [0, 0.1) is 0 Å². The summed E-state index contributed by atoms with van der Waals surface area (Å²) in [6, 6.07) is 2.95. The number of carboxylic acid groups (broad SMARTS) is 1. The largest absolute Gasteiger partial charge is 0.478 e. The Labute approximate surface area is 105 Å². The number of anilines is 1. The minimum atomic E-state index is -4.44. The summed E-state index contributed by atoms with van der Waals surface area (Å²) in [5.74, 6) is -1.08. The number of nitrogen functional groups attached to an aromatic ring is 1. The Hall–Kier alpha value is -1.63. The van der Waals surface area contributed by atoms with Crippen molar-refractivity contribution in [3.63, 3.8) is 0 Å². The number of hydrogen-bond donors (Lipinski definition) is 2. The minimum absolute atomic E-state index is 0.0342. The van der Waals surface area contributed by atoms with E-state index in [4.69, 9.17) is 10.8 Å². The van der Waals surface area contributed by atoms with E-state index in [-0.39, 0.29) is 17.0 Å². The van der Waals surface area contributed by atoms with Gasteiger partial charge >= 0.3 is 12.1 Å². The summed E-state index contributed by atoms with van der Waals surface area (Å²) >= 11 is 1.03. The first-order valence-electron chi connectivity index (χ1n) is 4.72. The molecule has 0 aliphatic heterocycles. The molecule has 18 heavy (non-hydrogen) atoms. The smallest absolute Gasteiger partial charge is 0.416 e. The normalized spacial score (nSPS) is 11.3. The monoisotopic (exact) mass is 277 g/mol. The summed E-state index contributed by atoms with van der Waals surface area (Å²) < 4.78 is 37.1. The Morgan fingerprint density at radius 1 is 1.44 bits per heavy atom. The third-order valence-electron chi connectivity index (χ3n) is 2.04. The van der Waals surface area contributed by atoms with Crippen LogP contribution in [0.25, 0.3) is 0 Å². The number of aliphatic carboxylic acids is 1. The van der Waals surface area contributed by atoms with Gasteiger partial charge in [-0.3, -0.25) is 0 Å². The lowest BCUT2D eigenvalue weighted by Crippen LogP contribution is -2.06. The molecule has 0 radical (unpaired) electrons. The van der Waals surface area contributed by atoms with Crippen LogP contribution in [0.15, 0.2) is 35.2 Å². The van der Waals surface area contributed by atoms with Crippen LogP contribution < -0.4 is 5.73 Å². The van der Waals surface area contributed by atoms with Crippen molar-refractivity contribution in [3.05, 3.63) is 35.9 Å². The molecule has 0 saturated heterocycles. The third kappa shape index (κ3) is 3.69. The lowest BCUT2D eigenvalue weighted by Gasteiger charge is -2.10. The second-order valence-corrected chi connectivity index (χ2v) is 4.46. The van der Waals surface area contributed by atoms with Crippen LogP contribution in [0.1, 0.15) is 5.56 Å². The molecule has 0 aliphatic rings. The topological polar surface area (TPSA) is 63.3 Å². The van der Waals surface area contributed by atoms with Crippen LogP contribution in [0.3, 0.4) is 0 Å². The summed E-state index contributed by atoms with van der Waals surface area (Å²) in [6.07, 6.45) is -4.44. The van der Waals surface area contributed by atoms with Crippen molar-refractivity contribution in [3.8, 4) is 0 Å². The van der Waals surface area contributed by atoms with Crippen LogP contribution in [0.5, 0.6) is 0 Å². The quantitative estimate of drug-likeness (QED) is 0.504. The Morgan fingerprint density at radius 3 is 2.50 bits per heavy atom. The molecule has 1 aromatic carbocycles. The van der Waals surface area contributed by atoms with Crippen LogP contribution in [-0.4, -0.2) is 16.8 Å². The van der Waals surface area contributed by atoms with Gasteiger partial charge in [0.15, 0.2) is 0 Å². The van der Waals surface area contributed by atoms with E-state index >= 15 is 0 Å². The van der Waals surface area contributed by atoms with Crippen LogP contribution in [0.4, 0.5) is 18.9 Å². The fraction of sp³-hybridized carbons (Fsp3) is 0.182. The van der Waals surface area contributed by atoms with E-state index < -0.39 is 17.7 Å². The molecule has 0 unspecified atom stereocenters. The zero-order valence-electron chi connectivity index (χ0n) is 9.12. The summed E-state index contributed by atoms with van der Waals surface area (Å²) in [6.45, 7) is 3.31. The molecule has 0 aliphatic carbocycles. The van der Waals surface area contributed by atoms with Crippen molar-refractivity contribution in [2.45, 2.75) is 11.1 Å². The molecule has 7 heteroatoms. The van der Waals surface area contributed by atoms with Crippen molar-refractivity contribution in [1.29, 1.82) is 0 Å². The molecule has 3 nitrogen and oxygen atoms in total. The molecule has 1 rings (SSSR count). The Balaban J connectivity index is 2.81. The number of thioether (sulfide) groups is 1. The fourth-order valence-corrected chi connectivity index (χ4v) is 1.93. The minimum Gasteiger partial charge on any atom is -0.478 e. The predicted octanol–water partition coefficient (Wildman–Crippen LogP) is 3.02. The van der Waals surface area contributed by atoms with Gasteiger partial charge in [-0.1, -0.05) is 6.58 Å². The lowest BCUT2D eigenvalue weighted by atomic mass is 10.2. The van der Waals surface area contributed by atoms with Crippen LogP contribution in [-0.2, 0) is 11.0 Å². The molecule has 0 saturated carbocycles. The second-order valence-electron chi connectivity index (χ2n) is 3.45. The SMILES string of the molecule is C=C(CSc1ccc(C(F)(F)F)cc1N)C(=O)O. The Kier molecular flexibility index (Phi) is 4.28. The van der Waals surface area contributed by atoms with Crippen molar-refractivity contribution < 1.29 is 23.1 Å². The molecule has 0 heterocycles. The van der Waals surface area contributed by atoms with Gasteiger partial charge in [0.1, 0.15) is 0 Å². The maximum absolute atomic E-state index is 12.4. The molecular formula is C11H10F3NO2S. The Bertz CT molecular complexity index is 486. The number of carboxylic acids is 1. The van der Waals surface area contributed by atoms with Crippen molar-refractivity contribution in [2.24, 2.45) is 0 Å². The van der Waals surface area contributed by atoms with E-state index in [1.165, 1.54) is 6.07 Å². The van der Waals surface area contributed by atoms with Gasteiger partial charge in [0.25, 0.3) is 0 Å². The predicted molar refractivity (Wildman–Crippen MR) is 63.4 cm³/mol. The van der Waals surface area contributed by atoms with E-state index in [0.29, 0.717) is 4.90 Å². The van der Waals surface area contributed by atoms with E-state index in [1.807, 2.05) is 0 Å². The molecule has 98 valence electrons. The first-order chi connectivity index (χ1) is 8.21. The molecule has 3 N–H and O–H groups in total. The number of hydrogen-bond acceptors (Lipinski definition) is 3. The molecule has 0 atom stereocenters. The highest BCUT2D eigenvalue weighted by atomic mass is 32.2. The van der Waals surface area contributed by atoms with Gasteiger partial charge in [0, 0.05) is 21.9 Å². The first kappa shape index (κ1) is 14.4. The zero-order valence-corrected chi connectivity index (χ0v) is 9.94. The molecule has 0 aromatic heterocycles. The van der Waals surface area contributed by atoms with E-state index in [1.54, 1.807) is 0 Å². The van der Waals surface area contributed by atoms with Crippen molar-refractivity contribution in [2.75, 3.05) is 11.5 Å². The molecule has 0 spiro atoms. The van der Waals surface area contributed by atoms with E-state index in [0.717, 1.165) is 23.9 Å². The van der Waals surface area contributed by atoms with Gasteiger partial charge in [-0.15, -0.1) is 11.8 Å². The maximum atomic E-state index is 12.4. The maximum Gasteiger partial charge on any atom is 0.416 e. The van der Waals surface area contributed by atoms with E-state index in [2.05, 4.69) is 6.58 Å². The number of carbonyl (C=O) groups is 1. The number of alkyl halides is 3. The molecule has 0 fully saturated rings. The number of nitrogens with two attached hydrogens (primary N) is 1. The van der Waals surface area contributed by atoms with Crippen molar-refractivity contribution >= 4 is 23.4 Å². The number of rotatable bonds is 4. The fourth-order valence-electron chi connectivity index (χ4n) is 1.08. The number of halogens is 3. The first-order valence-corrected chi connectivity index (χ1v) is 5.71. The lowest BCUT2D eigenvalue weighted by molar-refractivity contribution is -0.137. The van der Waals surface area contributed by atoms with Crippen molar-refractivity contribution in [1.82, 2.24) is 0 Å². The highest BCUT2D eigenvalue weighted by Gasteiger charge is 2.30. The van der Waals surface area contributed by atoms with Gasteiger partial charge in [0.05, 0.1) is 5.56 Å². The summed E-state index contributed by atoms with van der Waals surface area (Å²) in [5.41, 5.74) is 4.57. The van der Waals surface area contributed by atoms with Gasteiger partial charge in [-0.05, 0) is 18.2 Å². The number of benzene rings is 1. The van der Waals surface area contributed by atoms with Crippen LogP contribution in [0.2, 0.25) is 0 Å². The average Bonchev–Trinajstić information content (AvgIpc) is 2.25. The summed E-state index contributed by atoms with van der Waals surface area (Å²) in [7, 11) is 0. The zero-order chi connectivity index (χ0) is 13.9. The Morgan fingerprint density at radius 2 is 2.06 bits per heavy atom. The highest BCUT2D eigenvalue weighted by molar-refractivity contribution is 7.99. The molecular weight excluding hydrogens is 267 g/mol.